The number of guanidine groups is 1. The number of nitrogens with zero attached hydrogens (tertiary/aromatic N) is 3. The average Bonchev–Trinajstić information content (AvgIpc) is 2.65. The van der Waals surface area contributed by atoms with Crippen molar-refractivity contribution >= 4 is 40.0 Å². The lowest BCUT2D eigenvalue weighted by Gasteiger charge is -2.34. The summed E-state index contributed by atoms with van der Waals surface area (Å²) in [6, 6.07) is 0.105. The highest BCUT2D eigenvalue weighted by Crippen LogP contribution is 2.30. The van der Waals surface area contributed by atoms with E-state index in [0.29, 0.717) is 55.6 Å². The van der Waals surface area contributed by atoms with Gasteiger partial charge < -0.3 is 10.6 Å². The maximum absolute atomic E-state index is 12.6. The van der Waals surface area contributed by atoms with Crippen molar-refractivity contribution < 1.29 is 30.4 Å². The summed E-state index contributed by atoms with van der Waals surface area (Å²) >= 11 is 0. The Morgan fingerprint density at radius 2 is 1.67 bits per heavy atom. The Kier molecular flexibility index (Phi) is 11.0. The van der Waals surface area contributed by atoms with E-state index < -0.39 is 22.0 Å². The van der Waals surface area contributed by atoms with Crippen LogP contribution in [0.15, 0.2) is 4.99 Å². The van der Waals surface area contributed by atoms with E-state index in [2.05, 4.69) is 15.6 Å². The van der Waals surface area contributed by atoms with Crippen molar-refractivity contribution in [1.82, 2.24) is 19.8 Å². The molecule has 0 saturated carbocycles. The molecule has 7 nitrogen and oxygen atoms in total. The van der Waals surface area contributed by atoms with Gasteiger partial charge in [-0.15, -0.1) is 24.0 Å². The fourth-order valence-electron chi connectivity index (χ4n) is 3.58. The Morgan fingerprint density at radius 3 is 2.13 bits per heavy atom. The zero-order chi connectivity index (χ0) is 21.7. The van der Waals surface area contributed by atoms with Crippen molar-refractivity contribution in [3.05, 3.63) is 0 Å². The lowest BCUT2D eigenvalue weighted by atomic mass is 9.98. The van der Waals surface area contributed by atoms with Crippen LogP contribution >= 0.6 is 24.0 Å². The minimum atomic E-state index is -5.27. The molecule has 0 aliphatic carbocycles. The van der Waals surface area contributed by atoms with Crippen molar-refractivity contribution in [1.29, 1.82) is 0 Å². The van der Waals surface area contributed by atoms with Gasteiger partial charge in [0.25, 0.3) is 6.43 Å². The third kappa shape index (κ3) is 7.89. The molecule has 0 unspecified atom stereocenters. The third-order valence-corrected chi connectivity index (χ3v) is 6.94. The lowest BCUT2D eigenvalue weighted by molar-refractivity contribution is -0.0496. The second-order valence-electron chi connectivity index (χ2n) is 7.36. The summed E-state index contributed by atoms with van der Waals surface area (Å²) in [6.07, 6.45) is -0.273. The number of hydrogen-bond donors (Lipinski definition) is 2. The molecule has 178 valence electrons. The van der Waals surface area contributed by atoms with Crippen LogP contribution in [-0.4, -0.2) is 87.9 Å². The summed E-state index contributed by atoms with van der Waals surface area (Å²) in [6.45, 7) is 1.06. The summed E-state index contributed by atoms with van der Waals surface area (Å²) in [7, 11) is -3.67. The second kappa shape index (κ2) is 11.9. The molecule has 2 aliphatic rings. The van der Waals surface area contributed by atoms with Crippen molar-refractivity contribution in [2.75, 3.05) is 46.3 Å². The molecule has 2 saturated heterocycles. The number of likely N-dealkylation sites (tertiary alicyclic amines) is 1. The Bertz CT molecular complexity index is 649. The van der Waals surface area contributed by atoms with Gasteiger partial charge in [-0.25, -0.2) is 17.2 Å². The highest BCUT2D eigenvalue weighted by Gasteiger charge is 2.50. The number of piperidine rings is 2. The molecule has 0 spiro atoms. The topological polar surface area (TPSA) is 77.0 Å². The molecular formula is C16H29F5IN5O2S. The first-order valence-corrected chi connectivity index (χ1v) is 11.0. The lowest BCUT2D eigenvalue weighted by Crippen LogP contribution is -2.51. The number of aliphatic imine (C=N–C) groups is 1. The monoisotopic (exact) mass is 577 g/mol. The molecule has 0 aromatic carbocycles. The Labute approximate surface area is 190 Å². The number of halogens is 6. The first-order valence-electron chi connectivity index (χ1n) is 9.57. The molecule has 0 amide bonds. The first-order chi connectivity index (χ1) is 13.5. The van der Waals surface area contributed by atoms with E-state index in [1.807, 2.05) is 0 Å². The van der Waals surface area contributed by atoms with E-state index in [0.717, 1.165) is 0 Å². The molecular weight excluding hydrogens is 548 g/mol. The number of alkyl halides is 5. The molecule has 30 heavy (non-hydrogen) atoms. The van der Waals surface area contributed by atoms with Gasteiger partial charge in [-0.2, -0.15) is 17.5 Å². The zero-order valence-electron chi connectivity index (χ0n) is 16.7. The molecule has 2 heterocycles. The van der Waals surface area contributed by atoms with Gasteiger partial charge in [0.05, 0.1) is 6.54 Å². The minimum Gasteiger partial charge on any atom is -0.356 e. The maximum atomic E-state index is 12.6. The Hall–Kier alpha value is -0.480. The molecule has 0 atom stereocenters. The first kappa shape index (κ1) is 27.6. The minimum absolute atomic E-state index is 0. The van der Waals surface area contributed by atoms with Gasteiger partial charge in [-0.1, -0.05) is 0 Å². The van der Waals surface area contributed by atoms with E-state index in [1.165, 1.54) is 0 Å². The quantitative estimate of drug-likeness (QED) is 0.219. The SMILES string of the molecule is CN=C(NCC1CCN(S(=O)(=O)C(F)(F)F)CC1)NC1CCN(CC(F)F)CC1.I. The Morgan fingerprint density at radius 1 is 1.10 bits per heavy atom. The summed E-state index contributed by atoms with van der Waals surface area (Å²) in [5.74, 6) is 0.573. The van der Waals surface area contributed by atoms with E-state index in [1.54, 1.807) is 11.9 Å². The molecule has 0 aromatic rings. The van der Waals surface area contributed by atoms with Crippen molar-refractivity contribution in [2.24, 2.45) is 10.9 Å². The predicted octanol–water partition coefficient (Wildman–Crippen LogP) is 2.06. The predicted molar refractivity (Wildman–Crippen MR) is 115 cm³/mol. The normalized spacial score (nSPS) is 21.5. The van der Waals surface area contributed by atoms with Crippen LogP contribution < -0.4 is 10.6 Å². The van der Waals surface area contributed by atoms with Gasteiger partial charge in [0.1, 0.15) is 0 Å². The molecule has 2 rings (SSSR count). The number of rotatable bonds is 6. The smallest absolute Gasteiger partial charge is 0.356 e. The number of nitrogens with one attached hydrogen (secondary N) is 2. The molecule has 14 heteroatoms. The van der Waals surface area contributed by atoms with Crippen LogP contribution in [-0.2, 0) is 10.0 Å². The Balaban J connectivity index is 0.00000450. The highest BCUT2D eigenvalue weighted by molar-refractivity contribution is 14.0. The van der Waals surface area contributed by atoms with Crippen molar-refractivity contribution in [3.8, 4) is 0 Å². The van der Waals surface area contributed by atoms with Crippen LogP contribution in [0.4, 0.5) is 22.0 Å². The van der Waals surface area contributed by atoms with Crippen LogP contribution in [0, 0.1) is 5.92 Å². The summed E-state index contributed by atoms with van der Waals surface area (Å²) in [5.41, 5.74) is -5.27. The van der Waals surface area contributed by atoms with Crippen LogP contribution in [0.2, 0.25) is 0 Å². The molecule has 2 fully saturated rings. The maximum Gasteiger partial charge on any atom is 0.511 e. The van der Waals surface area contributed by atoms with Gasteiger partial charge in [-0.3, -0.25) is 9.89 Å². The summed E-state index contributed by atoms with van der Waals surface area (Å²) in [5, 5.41) is 6.37. The average molecular weight is 577 g/mol. The van der Waals surface area contributed by atoms with E-state index in [9.17, 15) is 30.4 Å². The molecule has 0 bridgehead atoms. The molecule has 0 aromatic heterocycles. The molecule has 2 aliphatic heterocycles. The standard InChI is InChI=1S/C16H28F5N5O2S.HI/c1-22-15(24-13-4-6-25(7-5-13)11-14(17)18)23-10-12-2-8-26(9-3-12)29(27,28)16(19,20)21;/h12-14H,2-11H2,1H3,(H2,22,23,24);1H. The van der Waals surface area contributed by atoms with Crippen molar-refractivity contribution in [3.63, 3.8) is 0 Å². The van der Waals surface area contributed by atoms with E-state index in [-0.39, 0.29) is 55.6 Å². The molecule has 2 N–H and O–H groups in total. The fourth-order valence-corrected chi connectivity index (χ4v) is 4.57. The largest absolute Gasteiger partial charge is 0.511 e. The fraction of sp³-hybridized carbons (Fsp3) is 0.938. The van der Waals surface area contributed by atoms with Crippen molar-refractivity contribution in [2.45, 2.75) is 43.7 Å². The number of hydrogen-bond acceptors (Lipinski definition) is 4. The van der Waals surface area contributed by atoms with E-state index >= 15 is 0 Å². The summed E-state index contributed by atoms with van der Waals surface area (Å²) < 4.78 is 86.1. The van der Waals surface area contributed by atoms with E-state index in [4.69, 9.17) is 0 Å². The highest BCUT2D eigenvalue weighted by atomic mass is 127. The third-order valence-electron chi connectivity index (χ3n) is 5.31. The van der Waals surface area contributed by atoms with Crippen LogP contribution in [0.5, 0.6) is 0 Å². The number of sulfonamides is 1. The zero-order valence-corrected chi connectivity index (χ0v) is 19.8. The second-order valence-corrected chi connectivity index (χ2v) is 9.29. The van der Waals surface area contributed by atoms with Gasteiger partial charge in [0.15, 0.2) is 5.96 Å². The van der Waals surface area contributed by atoms with Gasteiger partial charge in [-0.05, 0) is 31.6 Å². The van der Waals surface area contributed by atoms with Crippen LogP contribution in [0.3, 0.4) is 0 Å². The van der Waals surface area contributed by atoms with Gasteiger partial charge in [0, 0.05) is 45.8 Å². The van der Waals surface area contributed by atoms with Gasteiger partial charge in [0.2, 0.25) is 0 Å². The van der Waals surface area contributed by atoms with Gasteiger partial charge >= 0.3 is 15.5 Å². The molecule has 0 radical (unpaired) electrons. The summed E-state index contributed by atoms with van der Waals surface area (Å²) in [4.78, 5) is 5.85. The van der Waals surface area contributed by atoms with Crippen LogP contribution in [0.25, 0.3) is 0 Å². The van der Waals surface area contributed by atoms with Crippen LogP contribution in [0.1, 0.15) is 25.7 Å².